The largest absolute Gasteiger partial charge is 0.493 e. The molecule has 72 valence electrons. The highest BCUT2D eigenvalue weighted by Gasteiger charge is 2.21. The molecule has 0 bridgehead atoms. The Morgan fingerprint density at radius 1 is 1.57 bits per heavy atom. The van der Waals surface area contributed by atoms with Crippen LogP contribution in [0.25, 0.3) is 0 Å². The molecule has 0 fully saturated rings. The van der Waals surface area contributed by atoms with Crippen molar-refractivity contribution in [1.29, 1.82) is 5.26 Å². The molecule has 2 N–H and O–H groups in total. The van der Waals surface area contributed by atoms with Crippen molar-refractivity contribution in [3.05, 3.63) is 28.8 Å². The lowest BCUT2D eigenvalue weighted by Gasteiger charge is -2.25. The van der Waals surface area contributed by atoms with Gasteiger partial charge in [-0.2, -0.15) is 5.26 Å². The molecule has 1 aliphatic heterocycles. The first-order valence-corrected chi connectivity index (χ1v) is 4.66. The summed E-state index contributed by atoms with van der Waals surface area (Å²) in [5, 5.41) is 8.87. The maximum Gasteiger partial charge on any atom is 0.124 e. The number of nitriles is 1. The van der Waals surface area contributed by atoms with E-state index in [1.807, 2.05) is 13.0 Å². The highest BCUT2D eigenvalue weighted by molar-refractivity contribution is 5.51. The van der Waals surface area contributed by atoms with Gasteiger partial charge in [0, 0.05) is 18.0 Å². The maximum atomic E-state index is 8.87. The average molecular weight is 188 g/mol. The summed E-state index contributed by atoms with van der Waals surface area (Å²) in [6.45, 7) is 2.59. The quantitative estimate of drug-likeness (QED) is 0.673. The monoisotopic (exact) mass is 188 g/mol. The van der Waals surface area contributed by atoms with Crippen LogP contribution in [0.2, 0.25) is 0 Å². The van der Waals surface area contributed by atoms with Gasteiger partial charge in [-0.1, -0.05) is 0 Å². The molecule has 1 aliphatic rings. The molecule has 1 aromatic carbocycles. The number of hydrogen-bond acceptors (Lipinski definition) is 3. The summed E-state index contributed by atoms with van der Waals surface area (Å²) in [5.74, 6) is 0.834. The van der Waals surface area contributed by atoms with Gasteiger partial charge >= 0.3 is 0 Å². The van der Waals surface area contributed by atoms with Crippen LogP contribution in [-0.4, -0.2) is 6.61 Å². The Kier molecular flexibility index (Phi) is 2.14. The van der Waals surface area contributed by atoms with Crippen LogP contribution in [0.15, 0.2) is 12.1 Å². The van der Waals surface area contributed by atoms with Crippen LogP contribution in [0, 0.1) is 18.3 Å². The van der Waals surface area contributed by atoms with Crippen molar-refractivity contribution in [3.8, 4) is 11.8 Å². The SMILES string of the molecule is Cc1c(C#N)ccc2c1[C@H](N)CCO2. The van der Waals surface area contributed by atoms with E-state index in [0.717, 1.165) is 23.3 Å². The molecular weight excluding hydrogens is 176 g/mol. The third kappa shape index (κ3) is 1.24. The zero-order valence-electron chi connectivity index (χ0n) is 8.08. The Labute approximate surface area is 83.1 Å². The first kappa shape index (κ1) is 9.04. The zero-order chi connectivity index (χ0) is 10.1. The Bertz CT molecular complexity index is 406. The molecule has 14 heavy (non-hydrogen) atoms. The molecule has 0 aromatic heterocycles. The molecule has 2 rings (SSSR count). The number of nitrogens with zero attached hydrogens (tertiary/aromatic N) is 1. The minimum Gasteiger partial charge on any atom is -0.493 e. The standard InChI is InChI=1S/C11H12N2O/c1-7-8(6-12)2-3-10-11(7)9(13)4-5-14-10/h2-3,9H,4-5,13H2,1H3/t9-/m1/s1. The van der Waals surface area contributed by atoms with E-state index >= 15 is 0 Å². The van der Waals surface area contributed by atoms with Crippen LogP contribution in [-0.2, 0) is 0 Å². The highest BCUT2D eigenvalue weighted by Crippen LogP contribution is 2.34. The Hall–Kier alpha value is -1.53. The summed E-state index contributed by atoms with van der Waals surface area (Å²) < 4.78 is 5.48. The highest BCUT2D eigenvalue weighted by atomic mass is 16.5. The summed E-state index contributed by atoms with van der Waals surface area (Å²) in [6.07, 6.45) is 0.822. The summed E-state index contributed by atoms with van der Waals surface area (Å²) in [6, 6.07) is 5.78. The summed E-state index contributed by atoms with van der Waals surface area (Å²) in [4.78, 5) is 0. The predicted octanol–water partition coefficient (Wildman–Crippen LogP) is 1.65. The van der Waals surface area contributed by atoms with Crippen LogP contribution in [0.4, 0.5) is 0 Å². The number of nitrogens with two attached hydrogens (primary N) is 1. The predicted molar refractivity (Wildman–Crippen MR) is 52.9 cm³/mol. The molecule has 3 nitrogen and oxygen atoms in total. The molecule has 0 saturated carbocycles. The van der Waals surface area contributed by atoms with Gasteiger partial charge < -0.3 is 10.5 Å². The normalized spacial score (nSPS) is 19.4. The number of rotatable bonds is 0. The molecule has 0 spiro atoms. The van der Waals surface area contributed by atoms with Crippen LogP contribution in [0.5, 0.6) is 5.75 Å². The van der Waals surface area contributed by atoms with Crippen LogP contribution < -0.4 is 10.5 Å². The van der Waals surface area contributed by atoms with E-state index in [1.165, 1.54) is 0 Å². The third-order valence-electron chi connectivity index (χ3n) is 2.65. The second kappa shape index (κ2) is 3.32. The van der Waals surface area contributed by atoms with Gasteiger partial charge in [-0.15, -0.1) is 0 Å². The molecule has 0 radical (unpaired) electrons. The molecule has 0 aliphatic carbocycles. The molecular formula is C11H12N2O. The molecule has 0 saturated heterocycles. The fourth-order valence-electron chi connectivity index (χ4n) is 1.85. The van der Waals surface area contributed by atoms with Crippen molar-refractivity contribution in [2.75, 3.05) is 6.61 Å². The van der Waals surface area contributed by atoms with E-state index in [9.17, 15) is 0 Å². The Balaban J connectivity index is 2.61. The fraction of sp³-hybridized carbons (Fsp3) is 0.364. The van der Waals surface area contributed by atoms with Gasteiger partial charge in [-0.25, -0.2) is 0 Å². The number of benzene rings is 1. The smallest absolute Gasteiger partial charge is 0.124 e. The number of fused-ring (bicyclic) bond motifs is 1. The molecule has 1 aromatic rings. The minimum absolute atomic E-state index is 0.00653. The van der Waals surface area contributed by atoms with Crippen molar-refractivity contribution in [3.63, 3.8) is 0 Å². The van der Waals surface area contributed by atoms with Gasteiger partial charge in [0.1, 0.15) is 5.75 Å². The number of ether oxygens (including phenoxy) is 1. The lowest BCUT2D eigenvalue weighted by atomic mass is 9.93. The zero-order valence-corrected chi connectivity index (χ0v) is 8.08. The molecule has 0 amide bonds. The lowest BCUT2D eigenvalue weighted by Crippen LogP contribution is -2.22. The average Bonchev–Trinajstić information content (AvgIpc) is 2.18. The van der Waals surface area contributed by atoms with Gasteiger partial charge in [0.15, 0.2) is 0 Å². The summed E-state index contributed by atoms with van der Waals surface area (Å²) >= 11 is 0. The second-order valence-corrected chi connectivity index (χ2v) is 3.51. The van der Waals surface area contributed by atoms with E-state index in [0.29, 0.717) is 12.2 Å². The van der Waals surface area contributed by atoms with Crippen LogP contribution in [0.3, 0.4) is 0 Å². The fourth-order valence-corrected chi connectivity index (χ4v) is 1.85. The molecule has 1 heterocycles. The first-order chi connectivity index (χ1) is 6.74. The van der Waals surface area contributed by atoms with Crippen LogP contribution >= 0.6 is 0 Å². The van der Waals surface area contributed by atoms with Crippen molar-refractivity contribution >= 4 is 0 Å². The van der Waals surface area contributed by atoms with Crippen molar-refractivity contribution in [2.24, 2.45) is 5.73 Å². The Morgan fingerprint density at radius 3 is 3.07 bits per heavy atom. The number of hydrogen-bond donors (Lipinski definition) is 1. The van der Waals surface area contributed by atoms with Crippen LogP contribution in [0.1, 0.15) is 29.2 Å². The molecule has 1 atom stereocenters. The topological polar surface area (TPSA) is 59.0 Å². The van der Waals surface area contributed by atoms with E-state index in [2.05, 4.69) is 6.07 Å². The molecule has 0 unspecified atom stereocenters. The summed E-state index contributed by atoms with van der Waals surface area (Å²) in [5.41, 5.74) is 8.62. The van der Waals surface area contributed by atoms with E-state index < -0.39 is 0 Å². The van der Waals surface area contributed by atoms with E-state index in [-0.39, 0.29) is 6.04 Å². The van der Waals surface area contributed by atoms with Gasteiger partial charge in [0.25, 0.3) is 0 Å². The summed E-state index contributed by atoms with van der Waals surface area (Å²) in [7, 11) is 0. The molecule has 3 heteroatoms. The van der Waals surface area contributed by atoms with Gasteiger partial charge in [0.2, 0.25) is 0 Å². The third-order valence-corrected chi connectivity index (χ3v) is 2.65. The van der Waals surface area contributed by atoms with Crippen molar-refractivity contribution < 1.29 is 4.74 Å². The van der Waals surface area contributed by atoms with Gasteiger partial charge in [-0.3, -0.25) is 0 Å². The second-order valence-electron chi connectivity index (χ2n) is 3.51. The van der Waals surface area contributed by atoms with E-state index in [4.69, 9.17) is 15.7 Å². The Morgan fingerprint density at radius 2 is 2.36 bits per heavy atom. The lowest BCUT2D eigenvalue weighted by molar-refractivity contribution is 0.268. The van der Waals surface area contributed by atoms with Crippen molar-refractivity contribution in [2.45, 2.75) is 19.4 Å². The van der Waals surface area contributed by atoms with Gasteiger partial charge in [-0.05, 0) is 24.6 Å². The van der Waals surface area contributed by atoms with Crippen molar-refractivity contribution in [1.82, 2.24) is 0 Å². The van der Waals surface area contributed by atoms with E-state index in [1.54, 1.807) is 6.07 Å². The maximum absolute atomic E-state index is 8.87. The van der Waals surface area contributed by atoms with Gasteiger partial charge in [0.05, 0.1) is 18.2 Å². The first-order valence-electron chi connectivity index (χ1n) is 4.66. The minimum atomic E-state index is 0.00653.